The number of anilines is 2. The number of carbonyl (C=O) groups is 1. The van der Waals surface area contributed by atoms with Gasteiger partial charge in [-0.3, -0.25) is 18.8 Å². The van der Waals surface area contributed by atoms with Crippen LogP contribution in [-0.2, 0) is 37.8 Å². The van der Waals surface area contributed by atoms with Gasteiger partial charge in [-0.2, -0.15) is 15.3 Å². The highest BCUT2D eigenvalue weighted by Gasteiger charge is 2.27. The Morgan fingerprint density at radius 1 is 1.00 bits per heavy atom. The highest BCUT2D eigenvalue weighted by molar-refractivity contribution is 5.85. The normalized spacial score (nSPS) is 12.2. The van der Waals surface area contributed by atoms with E-state index < -0.39 is 0 Å². The Bertz CT molecular complexity index is 1680. The fraction of sp³-hybridized carbons (Fsp3) is 0.310. The first-order valence-corrected chi connectivity index (χ1v) is 13.5. The number of nitrogens with zero attached hydrogens (tertiary/aromatic N) is 9. The summed E-state index contributed by atoms with van der Waals surface area (Å²) in [5.74, 6) is 0.993. The molecule has 0 fully saturated rings. The first-order valence-electron chi connectivity index (χ1n) is 13.5. The summed E-state index contributed by atoms with van der Waals surface area (Å²) in [6.45, 7) is 3.23. The molecule has 11 nitrogen and oxygen atoms in total. The Labute approximate surface area is 232 Å². The zero-order valence-electron chi connectivity index (χ0n) is 23.2. The van der Waals surface area contributed by atoms with E-state index in [1.807, 2.05) is 28.8 Å². The van der Waals surface area contributed by atoms with E-state index in [-0.39, 0.29) is 12.5 Å². The lowest BCUT2D eigenvalue weighted by atomic mass is 9.91. The zero-order valence-corrected chi connectivity index (χ0v) is 23.2. The van der Waals surface area contributed by atoms with Crippen LogP contribution in [0.15, 0.2) is 55.1 Å². The SMILES string of the molecule is CCCn1cc(-c2ccc(-c3c4c(nn3C)CCc3cnc(Nc5ccn(CC(=O)N(C)C)n5)nc3-4)cc2)cn1. The van der Waals surface area contributed by atoms with Crippen molar-refractivity contribution in [1.29, 1.82) is 0 Å². The van der Waals surface area contributed by atoms with Crippen molar-refractivity contribution in [2.24, 2.45) is 7.05 Å². The zero-order chi connectivity index (χ0) is 27.8. The van der Waals surface area contributed by atoms with Crippen molar-refractivity contribution >= 4 is 17.7 Å². The molecule has 1 aliphatic carbocycles. The molecule has 4 aromatic heterocycles. The maximum Gasteiger partial charge on any atom is 0.243 e. The first-order chi connectivity index (χ1) is 19.4. The molecule has 40 heavy (non-hydrogen) atoms. The van der Waals surface area contributed by atoms with Crippen molar-refractivity contribution in [3.05, 3.63) is 66.4 Å². The molecule has 6 rings (SSSR count). The molecule has 1 amide bonds. The van der Waals surface area contributed by atoms with Gasteiger partial charge in [0.25, 0.3) is 0 Å². The molecule has 0 saturated heterocycles. The monoisotopic (exact) mass is 536 g/mol. The predicted octanol–water partition coefficient (Wildman–Crippen LogP) is 3.94. The van der Waals surface area contributed by atoms with E-state index in [1.165, 1.54) is 0 Å². The Hall–Kier alpha value is -4.80. The standard InChI is InChI=1S/C29H32N10O/c1-5-13-38-17-22(16-31-38)19-6-8-20(9-7-19)28-26-23(34-37(28)4)11-10-21-15-30-29(33-27(21)26)32-24-12-14-39(35-24)18-25(40)36(2)3/h6-9,12,14-17H,5,10-11,13,18H2,1-4H3,(H,30,32,33,35). The van der Waals surface area contributed by atoms with Gasteiger partial charge < -0.3 is 10.2 Å². The maximum atomic E-state index is 12.0. The third kappa shape index (κ3) is 4.86. The van der Waals surface area contributed by atoms with E-state index in [2.05, 4.69) is 57.9 Å². The molecule has 0 saturated carbocycles. The van der Waals surface area contributed by atoms with E-state index in [0.717, 1.165) is 70.7 Å². The van der Waals surface area contributed by atoms with Crippen LogP contribution in [0.3, 0.4) is 0 Å². The Kier molecular flexibility index (Phi) is 6.63. The van der Waals surface area contributed by atoms with E-state index in [0.29, 0.717) is 11.8 Å². The number of fused-ring (bicyclic) bond motifs is 3. The fourth-order valence-electron chi connectivity index (χ4n) is 5.05. The lowest BCUT2D eigenvalue weighted by molar-refractivity contribution is -0.129. The van der Waals surface area contributed by atoms with Gasteiger partial charge in [-0.15, -0.1) is 0 Å². The minimum atomic E-state index is -0.0316. The average molecular weight is 537 g/mol. The second-order valence-electron chi connectivity index (χ2n) is 10.2. The average Bonchev–Trinajstić information content (AvgIpc) is 3.67. The molecular weight excluding hydrogens is 504 g/mol. The van der Waals surface area contributed by atoms with Gasteiger partial charge in [0.15, 0.2) is 5.82 Å². The van der Waals surface area contributed by atoms with Crippen LogP contribution in [0, 0.1) is 0 Å². The number of aryl methyl sites for hydroxylation is 4. The maximum absolute atomic E-state index is 12.0. The Balaban J connectivity index is 1.29. The van der Waals surface area contributed by atoms with Crippen molar-refractivity contribution in [2.45, 2.75) is 39.3 Å². The molecule has 0 radical (unpaired) electrons. The summed E-state index contributed by atoms with van der Waals surface area (Å²) in [5.41, 5.74) is 8.39. The quantitative estimate of drug-likeness (QED) is 0.320. The van der Waals surface area contributed by atoms with Gasteiger partial charge in [-0.1, -0.05) is 31.2 Å². The molecule has 1 N–H and O–H groups in total. The van der Waals surface area contributed by atoms with Gasteiger partial charge in [0.05, 0.1) is 23.3 Å². The van der Waals surface area contributed by atoms with E-state index in [1.54, 1.807) is 35.9 Å². The van der Waals surface area contributed by atoms with E-state index >= 15 is 0 Å². The second-order valence-corrected chi connectivity index (χ2v) is 10.2. The molecule has 0 unspecified atom stereocenters. The van der Waals surface area contributed by atoms with Gasteiger partial charge in [0, 0.05) is 69.0 Å². The number of carbonyl (C=O) groups excluding carboxylic acids is 1. The third-order valence-corrected chi connectivity index (χ3v) is 7.11. The predicted molar refractivity (Wildman–Crippen MR) is 153 cm³/mol. The van der Waals surface area contributed by atoms with Crippen molar-refractivity contribution in [2.75, 3.05) is 19.4 Å². The second kappa shape index (κ2) is 10.4. The molecule has 0 aliphatic heterocycles. The number of hydrogen-bond donors (Lipinski definition) is 1. The van der Waals surface area contributed by atoms with Gasteiger partial charge in [-0.25, -0.2) is 9.97 Å². The molecule has 11 heteroatoms. The van der Waals surface area contributed by atoms with Gasteiger partial charge in [0.1, 0.15) is 6.54 Å². The fourth-order valence-corrected chi connectivity index (χ4v) is 5.05. The first kappa shape index (κ1) is 25.5. The number of likely N-dealkylation sites (N-methyl/N-ethyl adjacent to an activating group) is 1. The van der Waals surface area contributed by atoms with E-state index in [9.17, 15) is 4.79 Å². The lowest BCUT2D eigenvalue weighted by Crippen LogP contribution is -2.26. The largest absolute Gasteiger partial charge is 0.347 e. The van der Waals surface area contributed by atoms with Gasteiger partial charge >= 0.3 is 0 Å². The van der Waals surface area contributed by atoms with Crippen molar-refractivity contribution in [1.82, 2.24) is 44.2 Å². The number of benzene rings is 1. The number of hydrogen-bond acceptors (Lipinski definition) is 7. The Morgan fingerprint density at radius 2 is 1.80 bits per heavy atom. The summed E-state index contributed by atoms with van der Waals surface area (Å²) < 4.78 is 5.53. The number of rotatable bonds is 8. The molecule has 0 spiro atoms. The van der Waals surface area contributed by atoms with Crippen molar-refractivity contribution < 1.29 is 4.79 Å². The lowest BCUT2D eigenvalue weighted by Gasteiger charge is -2.17. The number of nitrogens with one attached hydrogen (secondary N) is 1. The highest BCUT2D eigenvalue weighted by Crippen LogP contribution is 2.40. The molecular formula is C29H32N10O. The molecule has 0 bridgehead atoms. The van der Waals surface area contributed by atoms with Crippen LogP contribution in [0.4, 0.5) is 11.8 Å². The summed E-state index contributed by atoms with van der Waals surface area (Å²) in [5, 5.41) is 17.0. The molecule has 1 aromatic carbocycles. The van der Waals surface area contributed by atoms with Crippen LogP contribution in [0.25, 0.3) is 33.6 Å². The molecule has 204 valence electrons. The summed E-state index contributed by atoms with van der Waals surface area (Å²) in [7, 11) is 5.44. The minimum absolute atomic E-state index is 0.0316. The Morgan fingerprint density at radius 3 is 2.58 bits per heavy atom. The molecule has 5 aromatic rings. The van der Waals surface area contributed by atoms with Crippen LogP contribution in [-0.4, -0.2) is 64.2 Å². The third-order valence-electron chi connectivity index (χ3n) is 7.11. The number of amides is 1. The van der Waals surface area contributed by atoms with Gasteiger partial charge in [0.2, 0.25) is 11.9 Å². The van der Waals surface area contributed by atoms with Crippen molar-refractivity contribution in [3.8, 4) is 33.6 Å². The summed E-state index contributed by atoms with van der Waals surface area (Å²) in [6, 6.07) is 10.4. The van der Waals surface area contributed by atoms with Crippen LogP contribution in [0.1, 0.15) is 24.6 Å². The van der Waals surface area contributed by atoms with E-state index in [4.69, 9.17) is 10.1 Å². The summed E-state index contributed by atoms with van der Waals surface area (Å²) >= 11 is 0. The topological polar surface area (TPSA) is 112 Å². The number of aromatic nitrogens is 8. The smallest absolute Gasteiger partial charge is 0.243 e. The molecule has 4 heterocycles. The molecule has 0 atom stereocenters. The van der Waals surface area contributed by atoms with Crippen molar-refractivity contribution in [3.63, 3.8) is 0 Å². The van der Waals surface area contributed by atoms with Crippen LogP contribution >= 0.6 is 0 Å². The minimum Gasteiger partial charge on any atom is -0.347 e. The molecule has 1 aliphatic rings. The summed E-state index contributed by atoms with van der Waals surface area (Å²) in [6.07, 6.45) is 10.4. The van der Waals surface area contributed by atoms with Crippen LogP contribution in [0.5, 0.6) is 0 Å². The summed E-state index contributed by atoms with van der Waals surface area (Å²) in [4.78, 5) is 23.0. The van der Waals surface area contributed by atoms with Gasteiger partial charge in [-0.05, 0) is 30.4 Å². The van der Waals surface area contributed by atoms with Crippen LogP contribution in [0.2, 0.25) is 0 Å². The van der Waals surface area contributed by atoms with Crippen LogP contribution < -0.4 is 5.32 Å². The highest BCUT2D eigenvalue weighted by atomic mass is 16.2.